The summed E-state index contributed by atoms with van der Waals surface area (Å²) in [7, 11) is 0. The highest BCUT2D eigenvalue weighted by atomic mass is 35.5. The van der Waals surface area contributed by atoms with E-state index in [-0.39, 0.29) is 6.61 Å². The molecular weight excluding hydrogens is 270 g/mol. The summed E-state index contributed by atoms with van der Waals surface area (Å²) in [5, 5.41) is 22.2. The number of aliphatic hydroxyl groups is 2. The molecule has 0 saturated heterocycles. The molecule has 1 aromatic carbocycles. The molecule has 1 saturated carbocycles. The summed E-state index contributed by atoms with van der Waals surface area (Å²) < 4.78 is 0. The molecule has 3 nitrogen and oxygen atoms in total. The van der Waals surface area contributed by atoms with Crippen molar-refractivity contribution in [1.82, 2.24) is 5.32 Å². The topological polar surface area (TPSA) is 52.5 Å². The summed E-state index contributed by atoms with van der Waals surface area (Å²) >= 11 is 7.72. The number of rotatable bonds is 7. The van der Waals surface area contributed by atoms with Crippen LogP contribution in [0.4, 0.5) is 0 Å². The number of nitrogens with one attached hydrogen (secondary N) is 1. The summed E-state index contributed by atoms with van der Waals surface area (Å²) in [5.74, 6) is 0.479. The van der Waals surface area contributed by atoms with E-state index in [1.807, 2.05) is 18.2 Å². The van der Waals surface area contributed by atoms with E-state index in [9.17, 15) is 5.11 Å². The van der Waals surface area contributed by atoms with Crippen LogP contribution in [-0.4, -0.2) is 34.7 Å². The lowest BCUT2D eigenvalue weighted by Gasteiger charge is -2.09. The molecule has 0 aromatic heterocycles. The number of aliphatic hydroxyl groups excluding tert-OH is 2. The summed E-state index contributed by atoms with van der Waals surface area (Å²) in [5.41, 5.74) is 1.11. The molecule has 1 aliphatic rings. The predicted molar refractivity (Wildman–Crippen MR) is 75.1 cm³/mol. The van der Waals surface area contributed by atoms with Gasteiger partial charge in [-0.3, -0.25) is 0 Å². The van der Waals surface area contributed by atoms with Crippen molar-refractivity contribution in [2.24, 2.45) is 0 Å². The van der Waals surface area contributed by atoms with Crippen LogP contribution in [0.1, 0.15) is 18.4 Å². The van der Waals surface area contributed by atoms with Gasteiger partial charge in [0.25, 0.3) is 0 Å². The second-order valence-electron chi connectivity index (χ2n) is 4.56. The molecule has 0 radical (unpaired) electrons. The van der Waals surface area contributed by atoms with Crippen LogP contribution in [0.3, 0.4) is 0 Å². The Morgan fingerprint density at radius 3 is 2.83 bits per heavy atom. The first-order valence-electron chi connectivity index (χ1n) is 6.12. The fraction of sp³-hybridized carbons (Fsp3) is 0.538. The normalized spacial score (nSPS) is 16.8. The lowest BCUT2D eigenvalue weighted by molar-refractivity contribution is 0.113. The van der Waals surface area contributed by atoms with E-state index in [0.29, 0.717) is 11.8 Å². The highest BCUT2D eigenvalue weighted by molar-refractivity contribution is 7.99. The summed E-state index contributed by atoms with van der Waals surface area (Å²) in [6.07, 6.45) is 1.86. The van der Waals surface area contributed by atoms with Crippen LogP contribution in [0.2, 0.25) is 5.02 Å². The maximum absolute atomic E-state index is 9.28. The average Bonchev–Trinajstić information content (AvgIpc) is 3.18. The maximum atomic E-state index is 9.28. The van der Waals surface area contributed by atoms with Crippen LogP contribution in [0, 0.1) is 0 Å². The van der Waals surface area contributed by atoms with Gasteiger partial charge in [0.1, 0.15) is 0 Å². The third-order valence-electron chi connectivity index (χ3n) is 2.84. The van der Waals surface area contributed by atoms with Crippen molar-refractivity contribution in [3.8, 4) is 0 Å². The number of halogens is 1. The number of thioether (sulfide) groups is 1. The molecule has 0 heterocycles. The van der Waals surface area contributed by atoms with E-state index in [0.717, 1.165) is 22.0 Å². The molecule has 0 amide bonds. The van der Waals surface area contributed by atoms with Crippen molar-refractivity contribution in [3.05, 3.63) is 28.8 Å². The zero-order valence-corrected chi connectivity index (χ0v) is 11.7. The van der Waals surface area contributed by atoms with Crippen molar-refractivity contribution in [3.63, 3.8) is 0 Å². The Hall–Kier alpha value is -0.260. The van der Waals surface area contributed by atoms with Crippen molar-refractivity contribution in [1.29, 1.82) is 0 Å². The van der Waals surface area contributed by atoms with E-state index < -0.39 is 6.10 Å². The van der Waals surface area contributed by atoms with Crippen molar-refractivity contribution in [2.75, 3.05) is 12.4 Å². The molecule has 3 N–H and O–H groups in total. The molecular formula is C13H18ClNO2S. The van der Waals surface area contributed by atoms with E-state index in [4.69, 9.17) is 16.7 Å². The summed E-state index contributed by atoms with van der Waals surface area (Å²) in [4.78, 5) is 1.02. The standard InChI is InChI=1S/C13H18ClNO2S/c14-13-5-12(18-8-11(17)7-16)4-1-9(13)6-15-10-2-3-10/h1,4-5,10-11,15-17H,2-3,6-8H2. The van der Waals surface area contributed by atoms with Crippen molar-refractivity contribution < 1.29 is 10.2 Å². The predicted octanol–water partition coefficient (Wildman–Crippen LogP) is 2.04. The molecule has 18 heavy (non-hydrogen) atoms. The molecule has 1 atom stereocenters. The fourth-order valence-corrected chi connectivity index (χ4v) is 2.72. The average molecular weight is 288 g/mol. The minimum absolute atomic E-state index is 0.204. The molecule has 1 aromatic rings. The Bertz CT molecular complexity index is 399. The van der Waals surface area contributed by atoms with Gasteiger partial charge in [-0.15, -0.1) is 11.8 Å². The quantitative estimate of drug-likeness (QED) is 0.672. The number of hydrogen-bond acceptors (Lipinski definition) is 4. The van der Waals surface area contributed by atoms with Gasteiger partial charge in [-0.25, -0.2) is 0 Å². The van der Waals surface area contributed by atoms with Gasteiger partial charge >= 0.3 is 0 Å². The molecule has 1 unspecified atom stereocenters. The van der Waals surface area contributed by atoms with E-state index in [2.05, 4.69) is 5.32 Å². The van der Waals surface area contributed by atoms with Crippen molar-refractivity contribution in [2.45, 2.75) is 36.4 Å². The lowest BCUT2D eigenvalue weighted by Crippen LogP contribution is -2.15. The molecule has 5 heteroatoms. The molecule has 1 aliphatic carbocycles. The van der Waals surface area contributed by atoms with Crippen LogP contribution in [-0.2, 0) is 6.54 Å². The van der Waals surface area contributed by atoms with Crippen LogP contribution in [0.15, 0.2) is 23.1 Å². The fourth-order valence-electron chi connectivity index (χ4n) is 1.55. The van der Waals surface area contributed by atoms with Crippen LogP contribution >= 0.6 is 23.4 Å². The summed E-state index contributed by atoms with van der Waals surface area (Å²) in [6, 6.07) is 6.62. The Morgan fingerprint density at radius 1 is 1.44 bits per heavy atom. The molecule has 0 aliphatic heterocycles. The van der Waals surface area contributed by atoms with E-state index >= 15 is 0 Å². The van der Waals surface area contributed by atoms with Crippen LogP contribution in [0.5, 0.6) is 0 Å². The number of hydrogen-bond donors (Lipinski definition) is 3. The molecule has 0 spiro atoms. The minimum atomic E-state index is -0.676. The van der Waals surface area contributed by atoms with Crippen LogP contribution in [0.25, 0.3) is 0 Å². The SMILES string of the molecule is OCC(O)CSc1ccc(CNC2CC2)c(Cl)c1. The zero-order valence-electron chi connectivity index (χ0n) is 10.1. The second-order valence-corrected chi connectivity index (χ2v) is 6.06. The second kappa shape index (κ2) is 6.78. The summed E-state index contributed by atoms with van der Waals surface area (Å²) in [6.45, 7) is 0.609. The first kappa shape index (κ1) is 14.2. The van der Waals surface area contributed by atoms with E-state index in [1.54, 1.807) is 0 Å². The molecule has 100 valence electrons. The molecule has 0 bridgehead atoms. The molecule has 2 rings (SSSR count). The lowest BCUT2D eigenvalue weighted by atomic mass is 10.2. The monoisotopic (exact) mass is 287 g/mol. The van der Waals surface area contributed by atoms with E-state index in [1.165, 1.54) is 24.6 Å². The van der Waals surface area contributed by atoms with Gasteiger partial charge in [0, 0.05) is 28.3 Å². The van der Waals surface area contributed by atoms with Gasteiger partial charge in [-0.1, -0.05) is 17.7 Å². The minimum Gasteiger partial charge on any atom is -0.394 e. The largest absolute Gasteiger partial charge is 0.394 e. The van der Waals surface area contributed by atoms with Crippen LogP contribution < -0.4 is 5.32 Å². The maximum Gasteiger partial charge on any atom is 0.0864 e. The molecule has 1 fully saturated rings. The third kappa shape index (κ3) is 4.44. The van der Waals surface area contributed by atoms with Gasteiger partial charge in [0.05, 0.1) is 12.7 Å². The Labute approximate surface area is 117 Å². The Balaban J connectivity index is 1.87. The highest BCUT2D eigenvalue weighted by Gasteiger charge is 2.20. The smallest absolute Gasteiger partial charge is 0.0864 e. The Morgan fingerprint density at radius 2 is 2.22 bits per heavy atom. The Kier molecular flexibility index (Phi) is 5.33. The van der Waals surface area contributed by atoms with Gasteiger partial charge in [0.15, 0.2) is 0 Å². The third-order valence-corrected chi connectivity index (χ3v) is 4.33. The van der Waals surface area contributed by atoms with Crippen molar-refractivity contribution >= 4 is 23.4 Å². The van der Waals surface area contributed by atoms with Gasteiger partial charge in [-0.2, -0.15) is 0 Å². The first-order valence-corrected chi connectivity index (χ1v) is 7.49. The zero-order chi connectivity index (χ0) is 13.0. The highest BCUT2D eigenvalue weighted by Crippen LogP contribution is 2.26. The van der Waals surface area contributed by atoms with Gasteiger partial charge in [-0.05, 0) is 30.5 Å². The van der Waals surface area contributed by atoms with Gasteiger partial charge in [0.2, 0.25) is 0 Å². The first-order chi connectivity index (χ1) is 8.69. The van der Waals surface area contributed by atoms with Gasteiger partial charge < -0.3 is 15.5 Å². The number of benzene rings is 1.